The van der Waals surface area contributed by atoms with E-state index >= 15 is 0 Å². The van der Waals surface area contributed by atoms with Gasteiger partial charge in [-0.1, -0.05) is 23.8 Å². The molecule has 0 radical (unpaired) electrons. The maximum absolute atomic E-state index is 10.6. The molecule has 2 heterocycles. The van der Waals surface area contributed by atoms with Crippen molar-refractivity contribution in [3.8, 4) is 5.75 Å². The lowest BCUT2D eigenvalue weighted by Crippen LogP contribution is -2.35. The van der Waals surface area contributed by atoms with Gasteiger partial charge < -0.3 is 9.84 Å². The second kappa shape index (κ2) is 9.97. The minimum absolute atomic E-state index is 0.249. The molecule has 2 aromatic heterocycles. The monoisotopic (exact) mass is 377 g/mol. The van der Waals surface area contributed by atoms with E-state index in [0.717, 1.165) is 16.9 Å². The lowest BCUT2D eigenvalue weighted by atomic mass is 10.1. The van der Waals surface area contributed by atoms with Crippen LogP contribution in [0.15, 0.2) is 67.3 Å². The third kappa shape index (κ3) is 6.15. The summed E-state index contributed by atoms with van der Waals surface area (Å²) in [5.74, 6) is 0.770. The normalized spacial score (nSPS) is 12.1. The molecule has 146 valence electrons. The number of pyridine rings is 2. The van der Waals surface area contributed by atoms with E-state index in [2.05, 4.69) is 21.8 Å². The van der Waals surface area contributed by atoms with Gasteiger partial charge in [-0.05, 0) is 54.8 Å². The number of benzene rings is 1. The topological polar surface area (TPSA) is 58.5 Å². The summed E-state index contributed by atoms with van der Waals surface area (Å²) >= 11 is 0. The molecule has 0 spiro atoms. The SMILES string of the molecule is Cc1ccc(OCC(O)CN(Cc2cccnc2)Cc2cnccc2C)cc1. The molecule has 1 N–H and O–H groups in total. The molecule has 1 aromatic carbocycles. The van der Waals surface area contributed by atoms with Gasteiger partial charge in [0.1, 0.15) is 18.5 Å². The van der Waals surface area contributed by atoms with Crippen molar-refractivity contribution in [2.45, 2.75) is 33.0 Å². The van der Waals surface area contributed by atoms with Crippen molar-refractivity contribution in [2.24, 2.45) is 0 Å². The van der Waals surface area contributed by atoms with E-state index in [1.165, 1.54) is 11.1 Å². The maximum atomic E-state index is 10.6. The van der Waals surface area contributed by atoms with Crippen LogP contribution in [-0.2, 0) is 13.1 Å². The minimum atomic E-state index is -0.602. The second-order valence-electron chi connectivity index (χ2n) is 7.11. The van der Waals surface area contributed by atoms with Crippen LogP contribution < -0.4 is 4.74 Å². The van der Waals surface area contributed by atoms with Gasteiger partial charge in [-0.15, -0.1) is 0 Å². The Morgan fingerprint density at radius 3 is 2.46 bits per heavy atom. The van der Waals surface area contributed by atoms with Gasteiger partial charge in [0.05, 0.1) is 0 Å². The van der Waals surface area contributed by atoms with Crippen molar-refractivity contribution in [1.82, 2.24) is 14.9 Å². The standard InChI is InChI=1S/C23H27N3O2/c1-18-5-7-23(8-6-18)28-17-22(27)16-26(14-20-4-3-10-24-12-20)15-21-13-25-11-9-19(21)2/h3-13,22,27H,14-17H2,1-2H3. The average Bonchev–Trinajstić information content (AvgIpc) is 2.70. The van der Waals surface area contributed by atoms with Gasteiger partial charge in [0.25, 0.3) is 0 Å². The lowest BCUT2D eigenvalue weighted by molar-refractivity contribution is 0.0627. The van der Waals surface area contributed by atoms with Crippen LogP contribution in [0.1, 0.15) is 22.3 Å². The van der Waals surface area contributed by atoms with Crippen molar-refractivity contribution in [1.29, 1.82) is 0 Å². The smallest absolute Gasteiger partial charge is 0.119 e. The zero-order chi connectivity index (χ0) is 19.8. The van der Waals surface area contributed by atoms with Crippen LogP contribution in [0.4, 0.5) is 0 Å². The van der Waals surface area contributed by atoms with E-state index in [1.807, 2.05) is 61.8 Å². The molecule has 1 unspecified atom stereocenters. The lowest BCUT2D eigenvalue weighted by Gasteiger charge is -2.26. The Morgan fingerprint density at radius 2 is 1.75 bits per heavy atom. The van der Waals surface area contributed by atoms with Crippen LogP contribution in [0.3, 0.4) is 0 Å². The van der Waals surface area contributed by atoms with Crippen molar-refractivity contribution >= 4 is 0 Å². The van der Waals surface area contributed by atoms with Gasteiger partial charge in [-0.3, -0.25) is 14.9 Å². The van der Waals surface area contributed by atoms with Gasteiger partial charge in [0.2, 0.25) is 0 Å². The van der Waals surface area contributed by atoms with Crippen LogP contribution >= 0.6 is 0 Å². The first-order valence-corrected chi connectivity index (χ1v) is 9.48. The summed E-state index contributed by atoms with van der Waals surface area (Å²) in [6.45, 7) is 6.26. The Hall–Kier alpha value is -2.76. The van der Waals surface area contributed by atoms with E-state index in [-0.39, 0.29) is 6.61 Å². The molecule has 3 aromatic rings. The van der Waals surface area contributed by atoms with E-state index in [4.69, 9.17) is 4.74 Å². The third-order valence-electron chi connectivity index (χ3n) is 4.60. The number of aromatic nitrogens is 2. The van der Waals surface area contributed by atoms with Crippen molar-refractivity contribution in [3.05, 3.63) is 89.5 Å². The van der Waals surface area contributed by atoms with E-state index in [9.17, 15) is 5.11 Å². The molecule has 0 amide bonds. The predicted octanol–water partition coefficient (Wildman–Crippen LogP) is 3.54. The molecule has 3 rings (SSSR count). The summed E-state index contributed by atoms with van der Waals surface area (Å²) in [6, 6.07) is 13.8. The second-order valence-corrected chi connectivity index (χ2v) is 7.11. The predicted molar refractivity (Wildman–Crippen MR) is 110 cm³/mol. The van der Waals surface area contributed by atoms with Crippen LogP contribution in [-0.4, -0.2) is 39.2 Å². The Balaban J connectivity index is 1.63. The molecule has 0 bridgehead atoms. The molecular weight excluding hydrogens is 350 g/mol. The Bertz CT molecular complexity index is 853. The first-order valence-electron chi connectivity index (χ1n) is 9.48. The molecule has 0 aliphatic rings. The van der Waals surface area contributed by atoms with Crippen LogP contribution in [0.25, 0.3) is 0 Å². The molecule has 28 heavy (non-hydrogen) atoms. The summed E-state index contributed by atoms with van der Waals surface area (Å²) in [5, 5.41) is 10.6. The highest BCUT2D eigenvalue weighted by Gasteiger charge is 2.15. The van der Waals surface area contributed by atoms with Gasteiger partial charge in [0.15, 0.2) is 0 Å². The number of ether oxygens (including phenoxy) is 1. The summed E-state index contributed by atoms with van der Waals surface area (Å²) in [6.07, 6.45) is 6.71. The average molecular weight is 377 g/mol. The fourth-order valence-corrected chi connectivity index (χ4v) is 3.02. The highest BCUT2D eigenvalue weighted by molar-refractivity contribution is 5.26. The number of nitrogens with zero attached hydrogens (tertiary/aromatic N) is 3. The molecule has 0 aliphatic heterocycles. The Morgan fingerprint density at radius 1 is 0.964 bits per heavy atom. The van der Waals surface area contributed by atoms with E-state index in [0.29, 0.717) is 19.6 Å². The number of aliphatic hydroxyl groups is 1. The van der Waals surface area contributed by atoms with Gasteiger partial charge in [0, 0.05) is 44.4 Å². The first kappa shape index (κ1) is 20.0. The van der Waals surface area contributed by atoms with Gasteiger partial charge >= 0.3 is 0 Å². The molecule has 0 saturated heterocycles. The summed E-state index contributed by atoms with van der Waals surface area (Å²) in [4.78, 5) is 10.6. The molecular formula is C23H27N3O2. The summed E-state index contributed by atoms with van der Waals surface area (Å²) in [5.41, 5.74) is 4.63. The molecule has 0 fully saturated rings. The Kier molecular flexibility index (Phi) is 7.12. The van der Waals surface area contributed by atoms with Gasteiger partial charge in [-0.2, -0.15) is 0 Å². The van der Waals surface area contributed by atoms with Crippen molar-refractivity contribution in [3.63, 3.8) is 0 Å². The maximum Gasteiger partial charge on any atom is 0.119 e. The molecule has 1 atom stereocenters. The number of hydrogen-bond donors (Lipinski definition) is 1. The van der Waals surface area contributed by atoms with E-state index in [1.54, 1.807) is 12.4 Å². The van der Waals surface area contributed by atoms with Crippen LogP contribution in [0.2, 0.25) is 0 Å². The number of aliphatic hydroxyl groups excluding tert-OH is 1. The zero-order valence-corrected chi connectivity index (χ0v) is 16.5. The Labute approximate surface area is 166 Å². The number of hydrogen-bond acceptors (Lipinski definition) is 5. The molecule has 0 aliphatic carbocycles. The van der Waals surface area contributed by atoms with E-state index < -0.39 is 6.10 Å². The molecule has 5 nitrogen and oxygen atoms in total. The number of rotatable bonds is 9. The van der Waals surface area contributed by atoms with Crippen LogP contribution in [0.5, 0.6) is 5.75 Å². The largest absolute Gasteiger partial charge is 0.491 e. The summed E-state index contributed by atoms with van der Waals surface area (Å²) in [7, 11) is 0. The highest BCUT2D eigenvalue weighted by Crippen LogP contribution is 2.14. The fourth-order valence-electron chi connectivity index (χ4n) is 3.02. The van der Waals surface area contributed by atoms with Gasteiger partial charge in [-0.25, -0.2) is 0 Å². The quantitative estimate of drug-likeness (QED) is 0.618. The molecule has 5 heteroatoms. The zero-order valence-electron chi connectivity index (χ0n) is 16.5. The van der Waals surface area contributed by atoms with Crippen LogP contribution in [0, 0.1) is 13.8 Å². The molecule has 0 saturated carbocycles. The minimum Gasteiger partial charge on any atom is -0.491 e. The number of aryl methyl sites for hydroxylation is 2. The summed E-state index contributed by atoms with van der Waals surface area (Å²) < 4.78 is 5.75. The van der Waals surface area contributed by atoms with Crippen molar-refractivity contribution in [2.75, 3.05) is 13.2 Å². The third-order valence-corrected chi connectivity index (χ3v) is 4.60. The fraction of sp³-hybridized carbons (Fsp3) is 0.304. The highest BCUT2D eigenvalue weighted by atomic mass is 16.5. The first-order chi connectivity index (χ1) is 13.6. The van der Waals surface area contributed by atoms with Crippen molar-refractivity contribution < 1.29 is 9.84 Å².